The quantitative estimate of drug-likeness (QED) is 0.884. The van der Waals surface area contributed by atoms with Crippen LogP contribution in [0.3, 0.4) is 0 Å². The van der Waals surface area contributed by atoms with Crippen molar-refractivity contribution in [3.63, 3.8) is 0 Å². The SMILES string of the molecule is O=C(NCc1cc(F)cc(F)c1)C1=CCN(Cc2ccc(F)cc2)CC1. The molecule has 3 rings (SSSR count). The van der Waals surface area contributed by atoms with Gasteiger partial charge in [-0.1, -0.05) is 18.2 Å². The average Bonchev–Trinajstić information content (AvgIpc) is 2.61. The molecular formula is C20H19F3N2O. The first-order chi connectivity index (χ1) is 12.5. The van der Waals surface area contributed by atoms with E-state index >= 15 is 0 Å². The Morgan fingerprint density at radius 2 is 1.65 bits per heavy atom. The summed E-state index contributed by atoms with van der Waals surface area (Å²) < 4.78 is 39.3. The second kappa shape index (κ2) is 8.19. The number of rotatable bonds is 5. The summed E-state index contributed by atoms with van der Waals surface area (Å²) in [6.07, 6.45) is 2.44. The highest BCUT2D eigenvalue weighted by atomic mass is 19.1. The summed E-state index contributed by atoms with van der Waals surface area (Å²) in [5.41, 5.74) is 2.06. The zero-order valence-corrected chi connectivity index (χ0v) is 14.1. The van der Waals surface area contributed by atoms with E-state index in [1.807, 2.05) is 6.08 Å². The summed E-state index contributed by atoms with van der Waals surface area (Å²) in [5.74, 6) is -1.81. The molecular weight excluding hydrogens is 341 g/mol. The first-order valence-corrected chi connectivity index (χ1v) is 8.38. The molecule has 0 saturated heterocycles. The molecule has 0 fully saturated rings. The van der Waals surface area contributed by atoms with E-state index in [1.165, 1.54) is 24.3 Å². The summed E-state index contributed by atoms with van der Waals surface area (Å²) in [6.45, 7) is 2.10. The van der Waals surface area contributed by atoms with Crippen LogP contribution in [0.25, 0.3) is 0 Å². The van der Waals surface area contributed by atoms with Crippen LogP contribution in [0.2, 0.25) is 0 Å². The normalized spacial score (nSPS) is 14.8. The lowest BCUT2D eigenvalue weighted by Crippen LogP contribution is -2.33. The van der Waals surface area contributed by atoms with Crippen molar-refractivity contribution in [1.82, 2.24) is 10.2 Å². The molecule has 1 heterocycles. The standard InChI is InChI=1S/C20H19F3N2O/c21-17-3-1-14(2-4-17)13-25-7-5-16(6-8-25)20(26)24-12-15-9-18(22)11-19(23)10-15/h1-5,9-11H,6-8,12-13H2,(H,24,26). The molecule has 1 amide bonds. The van der Waals surface area contributed by atoms with Crippen molar-refractivity contribution >= 4 is 5.91 Å². The van der Waals surface area contributed by atoms with Gasteiger partial charge in [-0.3, -0.25) is 9.69 Å². The lowest BCUT2D eigenvalue weighted by Gasteiger charge is -2.26. The highest BCUT2D eigenvalue weighted by Crippen LogP contribution is 2.15. The summed E-state index contributed by atoms with van der Waals surface area (Å²) in [6, 6.07) is 9.56. The maximum Gasteiger partial charge on any atom is 0.247 e. The predicted octanol–water partition coefficient (Wildman–Crippen LogP) is 3.55. The van der Waals surface area contributed by atoms with Gasteiger partial charge in [0.25, 0.3) is 0 Å². The molecule has 136 valence electrons. The molecule has 2 aromatic carbocycles. The Balaban J connectivity index is 1.51. The van der Waals surface area contributed by atoms with E-state index in [1.54, 1.807) is 12.1 Å². The van der Waals surface area contributed by atoms with Crippen molar-refractivity contribution in [1.29, 1.82) is 0 Å². The maximum atomic E-state index is 13.2. The minimum atomic E-state index is -0.664. The summed E-state index contributed by atoms with van der Waals surface area (Å²) in [5, 5.41) is 2.69. The van der Waals surface area contributed by atoms with Crippen molar-refractivity contribution in [2.24, 2.45) is 0 Å². The Kier molecular flexibility index (Phi) is 5.73. The van der Waals surface area contributed by atoms with E-state index in [-0.39, 0.29) is 18.3 Å². The molecule has 6 heteroatoms. The van der Waals surface area contributed by atoms with Crippen molar-refractivity contribution in [2.75, 3.05) is 13.1 Å². The molecule has 26 heavy (non-hydrogen) atoms. The number of halogens is 3. The molecule has 0 atom stereocenters. The van der Waals surface area contributed by atoms with Crippen molar-refractivity contribution in [3.05, 3.63) is 82.7 Å². The fraction of sp³-hybridized carbons (Fsp3) is 0.250. The molecule has 0 aliphatic carbocycles. The second-order valence-electron chi connectivity index (χ2n) is 6.30. The van der Waals surface area contributed by atoms with Crippen LogP contribution < -0.4 is 5.32 Å². The van der Waals surface area contributed by atoms with Gasteiger partial charge >= 0.3 is 0 Å². The second-order valence-corrected chi connectivity index (χ2v) is 6.30. The van der Waals surface area contributed by atoms with Gasteiger partial charge in [-0.25, -0.2) is 13.2 Å². The first-order valence-electron chi connectivity index (χ1n) is 8.38. The number of nitrogens with zero attached hydrogens (tertiary/aromatic N) is 1. The molecule has 0 unspecified atom stereocenters. The highest BCUT2D eigenvalue weighted by Gasteiger charge is 2.17. The lowest BCUT2D eigenvalue weighted by atomic mass is 10.1. The Hall–Kier alpha value is -2.60. The molecule has 0 spiro atoms. The number of carbonyl (C=O) groups excluding carboxylic acids is 1. The average molecular weight is 360 g/mol. The minimum absolute atomic E-state index is 0.0736. The van der Waals surface area contributed by atoms with Gasteiger partial charge in [-0.2, -0.15) is 0 Å². The number of amides is 1. The van der Waals surface area contributed by atoms with Gasteiger partial charge < -0.3 is 5.32 Å². The van der Waals surface area contributed by atoms with E-state index in [9.17, 15) is 18.0 Å². The van der Waals surface area contributed by atoms with E-state index < -0.39 is 11.6 Å². The van der Waals surface area contributed by atoms with Gasteiger partial charge in [0.05, 0.1) is 0 Å². The molecule has 3 nitrogen and oxygen atoms in total. The van der Waals surface area contributed by atoms with Gasteiger partial charge in [0, 0.05) is 37.8 Å². The largest absolute Gasteiger partial charge is 0.348 e. The molecule has 2 aromatic rings. The Bertz CT molecular complexity index is 798. The van der Waals surface area contributed by atoms with E-state index in [0.29, 0.717) is 37.2 Å². The fourth-order valence-electron chi connectivity index (χ4n) is 2.92. The number of benzene rings is 2. The third kappa shape index (κ3) is 4.95. The molecule has 0 saturated carbocycles. The summed E-state index contributed by atoms with van der Waals surface area (Å²) in [4.78, 5) is 14.4. The molecule has 1 N–H and O–H groups in total. The van der Waals surface area contributed by atoms with Crippen LogP contribution in [0.1, 0.15) is 17.5 Å². The van der Waals surface area contributed by atoms with Gasteiger partial charge in [-0.05, 0) is 41.8 Å². The smallest absolute Gasteiger partial charge is 0.247 e. The van der Waals surface area contributed by atoms with Crippen molar-refractivity contribution in [3.8, 4) is 0 Å². The third-order valence-electron chi connectivity index (χ3n) is 4.28. The van der Waals surface area contributed by atoms with Crippen LogP contribution in [0.4, 0.5) is 13.2 Å². The van der Waals surface area contributed by atoms with Gasteiger partial charge in [0.2, 0.25) is 5.91 Å². The Morgan fingerprint density at radius 3 is 2.27 bits per heavy atom. The first kappa shape index (κ1) is 18.2. The third-order valence-corrected chi connectivity index (χ3v) is 4.28. The minimum Gasteiger partial charge on any atom is -0.348 e. The lowest BCUT2D eigenvalue weighted by molar-refractivity contribution is -0.118. The highest BCUT2D eigenvalue weighted by molar-refractivity contribution is 5.93. The van der Waals surface area contributed by atoms with E-state index in [2.05, 4.69) is 10.2 Å². The fourth-order valence-corrected chi connectivity index (χ4v) is 2.92. The summed E-state index contributed by atoms with van der Waals surface area (Å²) >= 11 is 0. The monoisotopic (exact) mass is 360 g/mol. The van der Waals surface area contributed by atoms with E-state index in [4.69, 9.17) is 0 Å². The van der Waals surface area contributed by atoms with Crippen LogP contribution in [-0.2, 0) is 17.9 Å². The number of hydrogen-bond acceptors (Lipinski definition) is 2. The zero-order chi connectivity index (χ0) is 18.5. The summed E-state index contributed by atoms with van der Waals surface area (Å²) in [7, 11) is 0. The molecule has 0 radical (unpaired) electrons. The number of nitrogens with one attached hydrogen (secondary N) is 1. The molecule has 0 aromatic heterocycles. The van der Waals surface area contributed by atoms with Crippen LogP contribution in [0.15, 0.2) is 54.1 Å². The topological polar surface area (TPSA) is 32.3 Å². The van der Waals surface area contributed by atoms with Crippen LogP contribution in [0, 0.1) is 17.5 Å². The van der Waals surface area contributed by atoms with Crippen molar-refractivity contribution in [2.45, 2.75) is 19.5 Å². The van der Waals surface area contributed by atoms with Gasteiger partial charge in [0.1, 0.15) is 17.5 Å². The molecule has 1 aliphatic rings. The van der Waals surface area contributed by atoms with E-state index in [0.717, 1.165) is 11.6 Å². The van der Waals surface area contributed by atoms with Crippen LogP contribution in [0.5, 0.6) is 0 Å². The van der Waals surface area contributed by atoms with Gasteiger partial charge in [-0.15, -0.1) is 0 Å². The number of hydrogen-bond donors (Lipinski definition) is 1. The maximum absolute atomic E-state index is 13.2. The molecule has 0 bridgehead atoms. The predicted molar refractivity (Wildman–Crippen MR) is 92.6 cm³/mol. The zero-order valence-electron chi connectivity index (χ0n) is 14.1. The van der Waals surface area contributed by atoms with Gasteiger partial charge in [0.15, 0.2) is 0 Å². The Morgan fingerprint density at radius 1 is 0.962 bits per heavy atom. The van der Waals surface area contributed by atoms with Crippen LogP contribution >= 0.6 is 0 Å². The van der Waals surface area contributed by atoms with Crippen LogP contribution in [-0.4, -0.2) is 23.9 Å². The number of carbonyl (C=O) groups is 1. The molecule has 1 aliphatic heterocycles. The van der Waals surface area contributed by atoms with Crippen molar-refractivity contribution < 1.29 is 18.0 Å². The Labute approximate surface area is 150 Å².